The van der Waals surface area contributed by atoms with Crippen LogP contribution in [0.4, 0.5) is 5.69 Å². The third-order valence-electron chi connectivity index (χ3n) is 3.20. The number of halogens is 2. The zero-order chi connectivity index (χ0) is 16.6. The van der Waals surface area contributed by atoms with Crippen LogP contribution in [0.25, 0.3) is 10.1 Å². The summed E-state index contributed by atoms with van der Waals surface area (Å²) in [4.78, 5) is 23.9. The molecule has 2 N–H and O–H groups in total. The number of thiophene rings is 1. The van der Waals surface area contributed by atoms with Crippen LogP contribution in [0, 0.1) is 0 Å². The summed E-state index contributed by atoms with van der Waals surface area (Å²) in [6, 6.07) is 11.7. The first kappa shape index (κ1) is 15.8. The van der Waals surface area contributed by atoms with Crippen molar-refractivity contribution in [3.63, 3.8) is 0 Å². The first-order chi connectivity index (χ1) is 11.0. The maximum Gasteiger partial charge on any atom is 0.337 e. The maximum atomic E-state index is 12.4. The van der Waals surface area contributed by atoms with Crippen molar-refractivity contribution in [2.75, 3.05) is 5.32 Å². The molecule has 7 heteroatoms. The second kappa shape index (κ2) is 6.20. The Balaban J connectivity index is 1.93. The number of carboxylic acid groups (broad SMARTS) is 1. The van der Waals surface area contributed by atoms with Crippen LogP contribution in [-0.4, -0.2) is 17.0 Å². The van der Waals surface area contributed by atoms with E-state index in [9.17, 15) is 9.59 Å². The molecule has 0 atom stereocenters. The highest BCUT2D eigenvalue weighted by atomic mass is 35.5. The molecule has 0 aliphatic carbocycles. The topological polar surface area (TPSA) is 66.4 Å². The van der Waals surface area contributed by atoms with Gasteiger partial charge in [-0.1, -0.05) is 41.4 Å². The van der Waals surface area contributed by atoms with E-state index < -0.39 is 11.9 Å². The normalized spacial score (nSPS) is 10.7. The van der Waals surface area contributed by atoms with Crippen molar-refractivity contribution in [2.45, 2.75) is 0 Å². The summed E-state index contributed by atoms with van der Waals surface area (Å²) in [5.74, 6) is -1.55. The predicted molar refractivity (Wildman–Crippen MR) is 93.2 cm³/mol. The Morgan fingerprint density at radius 2 is 1.83 bits per heavy atom. The molecule has 0 saturated heterocycles. The number of hydrogen-bond donors (Lipinski definition) is 2. The van der Waals surface area contributed by atoms with Crippen LogP contribution < -0.4 is 5.32 Å². The zero-order valence-corrected chi connectivity index (χ0v) is 13.8. The maximum absolute atomic E-state index is 12.4. The van der Waals surface area contributed by atoms with Crippen LogP contribution in [0.2, 0.25) is 10.0 Å². The highest BCUT2D eigenvalue weighted by Gasteiger charge is 2.18. The van der Waals surface area contributed by atoms with E-state index in [0.29, 0.717) is 15.6 Å². The van der Waals surface area contributed by atoms with Gasteiger partial charge in [-0.15, -0.1) is 11.3 Å². The molecule has 0 spiro atoms. The van der Waals surface area contributed by atoms with Gasteiger partial charge in [-0.3, -0.25) is 4.79 Å². The number of carbonyl (C=O) groups excluding carboxylic acids is 1. The third-order valence-corrected chi connectivity index (χ3v) is 5.20. The summed E-state index contributed by atoms with van der Waals surface area (Å²) >= 11 is 13.3. The van der Waals surface area contributed by atoms with Gasteiger partial charge in [0, 0.05) is 15.8 Å². The molecule has 3 aromatic rings. The SMILES string of the molecule is O=C(O)c1cc(NC(=O)c2sc3ccccc3c2Cl)ccc1Cl. The van der Waals surface area contributed by atoms with Crippen LogP contribution in [0.1, 0.15) is 20.0 Å². The monoisotopic (exact) mass is 365 g/mol. The lowest BCUT2D eigenvalue weighted by molar-refractivity contribution is 0.0696. The molecule has 0 bridgehead atoms. The Labute approximate surface area is 145 Å². The van der Waals surface area contributed by atoms with Crippen molar-refractivity contribution < 1.29 is 14.7 Å². The molecule has 23 heavy (non-hydrogen) atoms. The fraction of sp³-hybridized carbons (Fsp3) is 0. The number of carbonyl (C=O) groups is 2. The van der Waals surface area contributed by atoms with E-state index in [4.69, 9.17) is 28.3 Å². The molecule has 116 valence electrons. The minimum atomic E-state index is -1.16. The lowest BCUT2D eigenvalue weighted by atomic mass is 10.2. The fourth-order valence-corrected chi connectivity index (χ4v) is 3.73. The number of aromatic carboxylic acids is 1. The number of anilines is 1. The van der Waals surface area contributed by atoms with Crippen molar-refractivity contribution in [2.24, 2.45) is 0 Å². The summed E-state index contributed by atoms with van der Waals surface area (Å²) in [6.45, 7) is 0. The molecular weight excluding hydrogens is 357 g/mol. The number of amides is 1. The van der Waals surface area contributed by atoms with Crippen molar-refractivity contribution in [3.05, 3.63) is 63.0 Å². The van der Waals surface area contributed by atoms with Gasteiger partial charge in [0.2, 0.25) is 0 Å². The quantitative estimate of drug-likeness (QED) is 0.673. The molecule has 0 saturated carbocycles. The van der Waals surface area contributed by atoms with E-state index in [0.717, 1.165) is 10.1 Å². The van der Waals surface area contributed by atoms with E-state index in [1.54, 1.807) is 0 Å². The number of fused-ring (bicyclic) bond motifs is 1. The molecule has 0 unspecified atom stereocenters. The van der Waals surface area contributed by atoms with Gasteiger partial charge in [0.05, 0.1) is 15.6 Å². The molecule has 0 aliphatic heterocycles. The van der Waals surface area contributed by atoms with Gasteiger partial charge in [0.15, 0.2) is 0 Å². The van der Waals surface area contributed by atoms with Crippen molar-refractivity contribution in [1.82, 2.24) is 0 Å². The van der Waals surface area contributed by atoms with Gasteiger partial charge in [-0.2, -0.15) is 0 Å². The van der Waals surface area contributed by atoms with E-state index in [1.807, 2.05) is 24.3 Å². The number of carboxylic acids is 1. The number of hydrogen-bond acceptors (Lipinski definition) is 3. The Morgan fingerprint density at radius 3 is 2.52 bits per heavy atom. The summed E-state index contributed by atoms with van der Waals surface area (Å²) in [5, 5.41) is 13.0. The molecule has 2 aromatic carbocycles. The average molecular weight is 366 g/mol. The smallest absolute Gasteiger partial charge is 0.337 e. The molecule has 1 amide bonds. The Bertz CT molecular complexity index is 936. The summed E-state index contributed by atoms with van der Waals surface area (Å²) in [6.07, 6.45) is 0. The van der Waals surface area contributed by atoms with Crippen molar-refractivity contribution in [1.29, 1.82) is 0 Å². The molecule has 4 nitrogen and oxygen atoms in total. The van der Waals surface area contributed by atoms with E-state index >= 15 is 0 Å². The molecule has 0 fully saturated rings. The summed E-state index contributed by atoms with van der Waals surface area (Å²) in [7, 11) is 0. The number of benzene rings is 2. The van der Waals surface area contributed by atoms with Crippen LogP contribution in [0.5, 0.6) is 0 Å². The fourth-order valence-electron chi connectivity index (χ4n) is 2.11. The molecule has 0 radical (unpaired) electrons. The average Bonchev–Trinajstić information content (AvgIpc) is 2.86. The molecule has 1 aromatic heterocycles. The van der Waals surface area contributed by atoms with Crippen LogP contribution in [0.15, 0.2) is 42.5 Å². The van der Waals surface area contributed by atoms with Gasteiger partial charge in [-0.25, -0.2) is 4.79 Å². The van der Waals surface area contributed by atoms with Gasteiger partial charge in [-0.05, 0) is 24.3 Å². The van der Waals surface area contributed by atoms with Crippen molar-refractivity contribution in [3.8, 4) is 0 Å². The summed E-state index contributed by atoms with van der Waals surface area (Å²) < 4.78 is 0.907. The first-order valence-corrected chi connectivity index (χ1v) is 8.06. The zero-order valence-electron chi connectivity index (χ0n) is 11.5. The van der Waals surface area contributed by atoms with Crippen LogP contribution in [0.3, 0.4) is 0 Å². The van der Waals surface area contributed by atoms with Gasteiger partial charge in [0.1, 0.15) is 4.88 Å². The van der Waals surface area contributed by atoms with Crippen LogP contribution in [-0.2, 0) is 0 Å². The predicted octanol–water partition coefficient (Wildman–Crippen LogP) is 5.16. The van der Waals surface area contributed by atoms with Gasteiger partial charge in [0.25, 0.3) is 5.91 Å². The summed E-state index contributed by atoms with van der Waals surface area (Å²) in [5.41, 5.74) is 0.261. The highest BCUT2D eigenvalue weighted by molar-refractivity contribution is 7.21. The molecule has 0 aliphatic rings. The third kappa shape index (κ3) is 3.03. The van der Waals surface area contributed by atoms with E-state index in [2.05, 4.69) is 5.32 Å². The van der Waals surface area contributed by atoms with Gasteiger partial charge < -0.3 is 10.4 Å². The number of nitrogens with one attached hydrogen (secondary N) is 1. The number of rotatable bonds is 3. The second-order valence-corrected chi connectivity index (χ2v) is 6.53. The molecule has 3 rings (SSSR count). The minimum absolute atomic E-state index is 0.0769. The van der Waals surface area contributed by atoms with Crippen LogP contribution >= 0.6 is 34.5 Å². The minimum Gasteiger partial charge on any atom is -0.478 e. The Kier molecular flexibility index (Phi) is 4.26. The second-order valence-electron chi connectivity index (χ2n) is 4.70. The Hall–Kier alpha value is -2.08. The standard InChI is InChI=1S/C16H9Cl2NO3S/c17-11-6-5-8(7-10(11)16(21)22)19-15(20)14-13(18)9-3-1-2-4-12(9)23-14/h1-7H,(H,19,20)(H,21,22). The van der Waals surface area contributed by atoms with Crippen molar-refractivity contribution >= 4 is 62.2 Å². The first-order valence-electron chi connectivity index (χ1n) is 6.48. The van der Waals surface area contributed by atoms with E-state index in [-0.39, 0.29) is 10.6 Å². The van der Waals surface area contributed by atoms with Gasteiger partial charge >= 0.3 is 5.97 Å². The molecular formula is C16H9Cl2NO3S. The Morgan fingerprint density at radius 1 is 1.09 bits per heavy atom. The lowest BCUT2D eigenvalue weighted by Crippen LogP contribution is -2.11. The molecule has 1 heterocycles. The highest BCUT2D eigenvalue weighted by Crippen LogP contribution is 2.35. The van der Waals surface area contributed by atoms with E-state index in [1.165, 1.54) is 29.5 Å². The largest absolute Gasteiger partial charge is 0.478 e. The lowest BCUT2D eigenvalue weighted by Gasteiger charge is -2.06.